The highest BCUT2D eigenvalue weighted by molar-refractivity contribution is 5.91. The van der Waals surface area contributed by atoms with Crippen molar-refractivity contribution >= 4 is 5.97 Å². The summed E-state index contributed by atoms with van der Waals surface area (Å²) in [5, 5.41) is 9.42. The summed E-state index contributed by atoms with van der Waals surface area (Å²) < 4.78 is 0. The molecule has 1 aliphatic rings. The van der Waals surface area contributed by atoms with Gasteiger partial charge in [0.1, 0.15) is 0 Å². The van der Waals surface area contributed by atoms with Gasteiger partial charge in [-0.25, -0.2) is 4.79 Å². The van der Waals surface area contributed by atoms with Gasteiger partial charge in [0.05, 0.1) is 5.56 Å². The lowest BCUT2D eigenvalue weighted by Gasteiger charge is -2.20. The van der Waals surface area contributed by atoms with E-state index in [0.29, 0.717) is 5.56 Å². The van der Waals surface area contributed by atoms with Crippen LogP contribution in [-0.4, -0.2) is 11.1 Å². The summed E-state index contributed by atoms with van der Waals surface area (Å²) >= 11 is 0. The van der Waals surface area contributed by atoms with Crippen LogP contribution in [0.3, 0.4) is 0 Å². The minimum atomic E-state index is -0.741. The van der Waals surface area contributed by atoms with Gasteiger partial charge in [-0.05, 0) is 55.2 Å². The maximum absolute atomic E-state index is 11.5. The van der Waals surface area contributed by atoms with Gasteiger partial charge >= 0.3 is 5.97 Å². The highest BCUT2D eigenvalue weighted by Gasteiger charge is 2.20. The van der Waals surface area contributed by atoms with Gasteiger partial charge in [0.2, 0.25) is 0 Å². The van der Waals surface area contributed by atoms with E-state index < -0.39 is 5.97 Å². The summed E-state index contributed by atoms with van der Waals surface area (Å²) in [4.78, 5) is 11.5. The lowest BCUT2D eigenvalue weighted by atomic mass is 9.85. The largest absolute Gasteiger partial charge is 0.478 e. The second-order valence-electron chi connectivity index (χ2n) is 4.85. The summed E-state index contributed by atoms with van der Waals surface area (Å²) in [5.74, 6) is -0.741. The minimum absolute atomic E-state index is 0.607. The second kappa shape index (κ2) is 5.35. The van der Waals surface area contributed by atoms with Crippen LogP contribution in [0.2, 0.25) is 0 Å². The van der Waals surface area contributed by atoms with Crippen molar-refractivity contribution in [2.75, 3.05) is 0 Å². The number of hydrogen-bond acceptors (Lipinski definition) is 1. The first-order valence-electron chi connectivity index (χ1n) is 6.61. The molecule has 1 aromatic carbocycles. The fraction of sp³-hybridized carbons (Fsp3) is 0.533. The van der Waals surface area contributed by atoms with E-state index in [-0.39, 0.29) is 0 Å². The molecule has 2 heteroatoms. The molecule has 0 saturated heterocycles. The predicted octanol–water partition coefficient (Wildman–Crippen LogP) is 3.61. The Morgan fingerprint density at radius 3 is 2.76 bits per heavy atom. The molecule has 0 radical (unpaired) electrons. The van der Waals surface area contributed by atoms with Crippen molar-refractivity contribution in [3.63, 3.8) is 0 Å². The zero-order valence-corrected chi connectivity index (χ0v) is 10.5. The van der Waals surface area contributed by atoms with E-state index in [0.717, 1.165) is 49.7 Å². The molecule has 1 N–H and O–H groups in total. The molecule has 92 valence electrons. The average Bonchev–Trinajstić information content (AvgIpc) is 2.35. The smallest absolute Gasteiger partial charge is 0.336 e. The third kappa shape index (κ3) is 2.51. The quantitative estimate of drug-likeness (QED) is 0.861. The molecule has 2 rings (SSSR count). The van der Waals surface area contributed by atoms with Crippen molar-refractivity contribution in [3.05, 3.63) is 34.4 Å². The molecule has 0 aliphatic heterocycles. The van der Waals surface area contributed by atoms with Crippen LogP contribution in [0.1, 0.15) is 59.7 Å². The molecule has 1 aliphatic carbocycles. The summed E-state index contributed by atoms with van der Waals surface area (Å²) in [6.45, 7) is 2.14. The number of aromatic carboxylic acids is 1. The molecule has 17 heavy (non-hydrogen) atoms. The van der Waals surface area contributed by atoms with E-state index in [2.05, 4.69) is 13.0 Å². The van der Waals surface area contributed by atoms with E-state index in [1.54, 1.807) is 0 Å². The number of unbranched alkanes of at least 4 members (excludes halogenated alkanes) is 1. The van der Waals surface area contributed by atoms with Gasteiger partial charge < -0.3 is 5.11 Å². The van der Waals surface area contributed by atoms with Crippen LogP contribution in [0, 0.1) is 0 Å². The number of aryl methyl sites for hydroxylation is 2. The molecule has 1 aromatic rings. The predicted molar refractivity (Wildman–Crippen MR) is 68.7 cm³/mol. The molecule has 0 fully saturated rings. The second-order valence-corrected chi connectivity index (χ2v) is 4.85. The Hall–Kier alpha value is -1.31. The Morgan fingerprint density at radius 2 is 2.06 bits per heavy atom. The highest BCUT2D eigenvalue weighted by Crippen LogP contribution is 2.28. The van der Waals surface area contributed by atoms with Gasteiger partial charge in [0.25, 0.3) is 0 Å². The number of benzene rings is 1. The van der Waals surface area contributed by atoms with Gasteiger partial charge in [0.15, 0.2) is 0 Å². The molecule has 2 nitrogen and oxygen atoms in total. The fourth-order valence-electron chi connectivity index (χ4n) is 2.72. The van der Waals surface area contributed by atoms with Crippen LogP contribution < -0.4 is 0 Å². The van der Waals surface area contributed by atoms with Gasteiger partial charge in [0, 0.05) is 0 Å². The normalized spacial score (nSPS) is 14.4. The van der Waals surface area contributed by atoms with Crippen LogP contribution >= 0.6 is 0 Å². The molecule has 0 amide bonds. The van der Waals surface area contributed by atoms with Crippen molar-refractivity contribution < 1.29 is 9.90 Å². The fourth-order valence-corrected chi connectivity index (χ4v) is 2.72. The molecule has 0 bridgehead atoms. The summed E-state index contributed by atoms with van der Waals surface area (Å²) in [6, 6.07) is 4.18. The Balaban J connectivity index is 2.42. The SMILES string of the molecule is CCCCc1ccc2c(c1C(=O)O)CCCC2. The van der Waals surface area contributed by atoms with Crippen LogP contribution in [0.4, 0.5) is 0 Å². The molecule has 0 atom stereocenters. The summed E-state index contributed by atoms with van der Waals surface area (Å²) in [6.07, 6.45) is 7.38. The zero-order chi connectivity index (χ0) is 12.3. The first kappa shape index (κ1) is 12.2. The Morgan fingerprint density at radius 1 is 1.29 bits per heavy atom. The number of hydrogen-bond donors (Lipinski definition) is 1. The van der Waals surface area contributed by atoms with Gasteiger partial charge in [-0.3, -0.25) is 0 Å². The van der Waals surface area contributed by atoms with Crippen molar-refractivity contribution in [3.8, 4) is 0 Å². The molecule has 0 heterocycles. The maximum atomic E-state index is 11.5. The van der Waals surface area contributed by atoms with E-state index in [1.165, 1.54) is 12.0 Å². The van der Waals surface area contributed by atoms with Crippen LogP contribution in [0.25, 0.3) is 0 Å². The molecule has 0 saturated carbocycles. The molecule has 0 aromatic heterocycles. The Kier molecular flexibility index (Phi) is 3.82. The van der Waals surface area contributed by atoms with Crippen molar-refractivity contribution in [2.45, 2.75) is 51.9 Å². The lowest BCUT2D eigenvalue weighted by Crippen LogP contribution is -2.13. The van der Waals surface area contributed by atoms with Crippen LogP contribution in [0.5, 0.6) is 0 Å². The number of rotatable bonds is 4. The van der Waals surface area contributed by atoms with E-state index in [9.17, 15) is 9.90 Å². The zero-order valence-electron chi connectivity index (χ0n) is 10.5. The first-order valence-corrected chi connectivity index (χ1v) is 6.61. The Bertz CT molecular complexity index is 421. The average molecular weight is 232 g/mol. The molecule has 0 unspecified atom stereocenters. The van der Waals surface area contributed by atoms with Crippen molar-refractivity contribution in [1.82, 2.24) is 0 Å². The van der Waals surface area contributed by atoms with Crippen LogP contribution in [0.15, 0.2) is 12.1 Å². The Labute approximate surface area is 103 Å². The third-order valence-electron chi connectivity index (χ3n) is 3.63. The number of fused-ring (bicyclic) bond motifs is 1. The monoisotopic (exact) mass is 232 g/mol. The first-order chi connectivity index (χ1) is 8.24. The van der Waals surface area contributed by atoms with Gasteiger partial charge in [-0.15, -0.1) is 0 Å². The lowest BCUT2D eigenvalue weighted by molar-refractivity contribution is 0.0694. The number of carboxylic acids is 1. The third-order valence-corrected chi connectivity index (χ3v) is 3.63. The minimum Gasteiger partial charge on any atom is -0.478 e. The molecule has 0 spiro atoms. The topological polar surface area (TPSA) is 37.3 Å². The van der Waals surface area contributed by atoms with Crippen LogP contribution in [-0.2, 0) is 19.3 Å². The van der Waals surface area contributed by atoms with Gasteiger partial charge in [-0.1, -0.05) is 25.5 Å². The van der Waals surface area contributed by atoms with Crippen molar-refractivity contribution in [2.24, 2.45) is 0 Å². The number of carbonyl (C=O) groups is 1. The highest BCUT2D eigenvalue weighted by atomic mass is 16.4. The van der Waals surface area contributed by atoms with E-state index in [1.807, 2.05) is 6.07 Å². The number of carboxylic acid groups (broad SMARTS) is 1. The van der Waals surface area contributed by atoms with E-state index in [4.69, 9.17) is 0 Å². The van der Waals surface area contributed by atoms with E-state index >= 15 is 0 Å². The van der Waals surface area contributed by atoms with Gasteiger partial charge in [-0.2, -0.15) is 0 Å². The maximum Gasteiger partial charge on any atom is 0.336 e. The summed E-state index contributed by atoms with van der Waals surface area (Å²) in [5.41, 5.74) is 4.00. The molecular weight excluding hydrogens is 212 g/mol. The molecular formula is C15H20O2. The van der Waals surface area contributed by atoms with Crippen molar-refractivity contribution in [1.29, 1.82) is 0 Å². The standard InChI is InChI=1S/C15H20O2/c1-2-3-6-12-10-9-11-7-4-5-8-13(11)14(12)15(16)17/h9-10H,2-8H2,1H3,(H,16,17). The summed E-state index contributed by atoms with van der Waals surface area (Å²) in [7, 11) is 0.